The topological polar surface area (TPSA) is 41.6 Å². The highest BCUT2D eigenvalue weighted by Crippen LogP contribution is 2.19. The average molecular weight is 292 g/mol. The smallest absolute Gasteiger partial charge is 0.407 e. The molecule has 0 aromatic heterocycles. The molecular weight excluding hydrogens is 264 g/mol. The monoisotopic (exact) mass is 292 g/mol. The van der Waals surface area contributed by atoms with E-state index in [9.17, 15) is 4.79 Å². The van der Waals surface area contributed by atoms with E-state index >= 15 is 0 Å². The van der Waals surface area contributed by atoms with Gasteiger partial charge in [-0.15, -0.1) is 0 Å². The number of methoxy groups -OCH3 is 1. The molecule has 4 heteroatoms. The number of amides is 1. The molecule has 1 unspecified atom stereocenters. The minimum Gasteiger partial charge on any atom is -0.453 e. The lowest BCUT2D eigenvalue weighted by molar-refractivity contribution is 0.153. The summed E-state index contributed by atoms with van der Waals surface area (Å²) in [7, 11) is 1.39. The van der Waals surface area contributed by atoms with Crippen LogP contribution in [0.15, 0.2) is 30.3 Å². The number of alkyl carbamates (subject to hydrolysis) is 1. The Labute approximate surface area is 128 Å². The van der Waals surface area contributed by atoms with Crippen molar-refractivity contribution in [2.45, 2.75) is 52.2 Å². The number of hydrogen-bond donors (Lipinski definition) is 1. The average Bonchev–Trinajstić information content (AvgIpc) is 2.46. The van der Waals surface area contributed by atoms with Crippen molar-refractivity contribution in [2.24, 2.45) is 0 Å². The van der Waals surface area contributed by atoms with Crippen molar-refractivity contribution in [1.29, 1.82) is 0 Å². The molecule has 21 heavy (non-hydrogen) atoms. The van der Waals surface area contributed by atoms with Crippen LogP contribution >= 0.6 is 0 Å². The highest BCUT2D eigenvalue weighted by atomic mass is 16.5. The van der Waals surface area contributed by atoms with Gasteiger partial charge in [-0.2, -0.15) is 0 Å². The Morgan fingerprint density at radius 3 is 2.19 bits per heavy atom. The Hall–Kier alpha value is -1.55. The van der Waals surface area contributed by atoms with Gasteiger partial charge in [0, 0.05) is 18.6 Å². The van der Waals surface area contributed by atoms with Crippen LogP contribution < -0.4 is 5.32 Å². The third-order valence-corrected chi connectivity index (χ3v) is 3.68. The highest BCUT2D eigenvalue weighted by molar-refractivity contribution is 5.67. The molecule has 0 saturated heterocycles. The number of carbonyl (C=O) groups is 1. The summed E-state index contributed by atoms with van der Waals surface area (Å²) >= 11 is 0. The van der Waals surface area contributed by atoms with Crippen molar-refractivity contribution in [3.63, 3.8) is 0 Å². The van der Waals surface area contributed by atoms with Crippen LogP contribution in [-0.2, 0) is 4.74 Å². The Morgan fingerprint density at radius 1 is 1.14 bits per heavy atom. The second kappa shape index (κ2) is 8.67. The van der Waals surface area contributed by atoms with E-state index in [4.69, 9.17) is 4.74 Å². The highest BCUT2D eigenvalue weighted by Gasteiger charge is 2.19. The van der Waals surface area contributed by atoms with Crippen LogP contribution in [0.4, 0.5) is 4.79 Å². The van der Waals surface area contributed by atoms with E-state index in [2.05, 4.69) is 37.9 Å². The molecule has 0 bridgehead atoms. The van der Waals surface area contributed by atoms with Gasteiger partial charge in [0.05, 0.1) is 13.2 Å². The lowest BCUT2D eigenvalue weighted by atomic mass is 10.0. The van der Waals surface area contributed by atoms with Gasteiger partial charge in [-0.3, -0.25) is 4.90 Å². The molecule has 0 heterocycles. The Balaban J connectivity index is 2.76. The summed E-state index contributed by atoms with van der Waals surface area (Å²) in [5.74, 6) is 0. The largest absolute Gasteiger partial charge is 0.453 e. The van der Waals surface area contributed by atoms with Crippen LogP contribution in [0.1, 0.15) is 45.7 Å². The van der Waals surface area contributed by atoms with Crippen LogP contribution in [0.25, 0.3) is 0 Å². The molecule has 0 aliphatic carbocycles. The van der Waals surface area contributed by atoms with Gasteiger partial charge in [-0.05, 0) is 39.7 Å². The van der Waals surface area contributed by atoms with E-state index in [1.165, 1.54) is 7.11 Å². The van der Waals surface area contributed by atoms with Gasteiger partial charge in [-0.1, -0.05) is 30.3 Å². The van der Waals surface area contributed by atoms with Crippen LogP contribution in [0, 0.1) is 0 Å². The molecule has 1 rings (SSSR count). The molecule has 1 aromatic rings. The van der Waals surface area contributed by atoms with Crippen molar-refractivity contribution in [3.8, 4) is 0 Å². The molecular formula is C17H28N2O2. The first-order valence-electron chi connectivity index (χ1n) is 7.60. The number of nitrogens with one attached hydrogen (secondary N) is 1. The molecule has 1 atom stereocenters. The summed E-state index contributed by atoms with van der Waals surface area (Å²) in [5, 5.41) is 2.93. The summed E-state index contributed by atoms with van der Waals surface area (Å²) in [4.78, 5) is 14.0. The van der Waals surface area contributed by atoms with Gasteiger partial charge in [-0.25, -0.2) is 4.79 Å². The third-order valence-electron chi connectivity index (χ3n) is 3.68. The van der Waals surface area contributed by atoms with Crippen LogP contribution in [0.2, 0.25) is 0 Å². The van der Waals surface area contributed by atoms with Crippen molar-refractivity contribution in [3.05, 3.63) is 35.9 Å². The maximum absolute atomic E-state index is 11.6. The molecule has 0 spiro atoms. The van der Waals surface area contributed by atoms with Gasteiger partial charge in [0.15, 0.2) is 0 Å². The third kappa shape index (κ3) is 5.76. The predicted molar refractivity (Wildman–Crippen MR) is 86.3 cm³/mol. The molecule has 1 aromatic carbocycles. The summed E-state index contributed by atoms with van der Waals surface area (Å²) < 4.78 is 4.74. The number of nitrogens with zero attached hydrogens (tertiary/aromatic N) is 1. The zero-order chi connectivity index (χ0) is 15.8. The fourth-order valence-corrected chi connectivity index (χ4v) is 2.60. The lowest BCUT2D eigenvalue weighted by Crippen LogP contribution is -2.39. The number of rotatable bonds is 7. The summed E-state index contributed by atoms with van der Waals surface area (Å²) in [5.41, 5.74) is 1.11. The van der Waals surface area contributed by atoms with Crippen LogP contribution in [0.3, 0.4) is 0 Å². The molecule has 118 valence electrons. The molecule has 0 fully saturated rings. The fraction of sp³-hybridized carbons (Fsp3) is 0.588. The Bertz CT molecular complexity index is 410. The SMILES string of the molecule is COC(=O)NC(CCN(C(C)C)C(C)C)c1ccccc1. The second-order valence-electron chi connectivity index (χ2n) is 5.81. The van der Waals surface area contributed by atoms with Gasteiger partial charge >= 0.3 is 6.09 Å². The molecule has 0 saturated carbocycles. The first-order chi connectivity index (χ1) is 9.95. The summed E-state index contributed by atoms with van der Waals surface area (Å²) in [6.07, 6.45) is 0.472. The normalized spacial score (nSPS) is 12.8. The first kappa shape index (κ1) is 17.5. The van der Waals surface area contributed by atoms with Gasteiger partial charge < -0.3 is 10.1 Å². The van der Waals surface area contributed by atoms with E-state index in [0.717, 1.165) is 18.5 Å². The maximum Gasteiger partial charge on any atom is 0.407 e. The van der Waals surface area contributed by atoms with E-state index in [1.807, 2.05) is 30.3 Å². The second-order valence-corrected chi connectivity index (χ2v) is 5.81. The van der Waals surface area contributed by atoms with Crippen molar-refractivity contribution in [2.75, 3.05) is 13.7 Å². The molecule has 4 nitrogen and oxygen atoms in total. The zero-order valence-corrected chi connectivity index (χ0v) is 13.8. The minimum atomic E-state index is -0.385. The number of carbonyl (C=O) groups excluding carboxylic acids is 1. The summed E-state index contributed by atoms with van der Waals surface area (Å²) in [6.45, 7) is 9.73. The van der Waals surface area contributed by atoms with Crippen molar-refractivity contribution in [1.82, 2.24) is 10.2 Å². The molecule has 0 aliphatic rings. The molecule has 1 N–H and O–H groups in total. The standard InChI is InChI=1S/C17H28N2O2/c1-13(2)19(14(3)4)12-11-16(18-17(20)21-5)15-9-7-6-8-10-15/h6-10,13-14,16H,11-12H2,1-5H3,(H,18,20). The van der Waals surface area contributed by atoms with Crippen molar-refractivity contribution < 1.29 is 9.53 Å². The molecule has 0 aliphatic heterocycles. The van der Waals surface area contributed by atoms with E-state index in [1.54, 1.807) is 0 Å². The van der Waals surface area contributed by atoms with Crippen LogP contribution in [0.5, 0.6) is 0 Å². The Morgan fingerprint density at radius 2 is 1.71 bits per heavy atom. The summed E-state index contributed by atoms with van der Waals surface area (Å²) in [6, 6.07) is 11.0. The number of benzene rings is 1. The maximum atomic E-state index is 11.6. The zero-order valence-electron chi connectivity index (χ0n) is 13.8. The number of ether oxygens (including phenoxy) is 1. The van der Waals surface area contributed by atoms with E-state index in [0.29, 0.717) is 12.1 Å². The number of hydrogen-bond acceptors (Lipinski definition) is 3. The molecule has 1 amide bonds. The predicted octanol–water partition coefficient (Wildman–Crippen LogP) is 3.59. The molecule has 0 radical (unpaired) electrons. The van der Waals surface area contributed by atoms with E-state index < -0.39 is 0 Å². The van der Waals surface area contributed by atoms with Gasteiger partial charge in [0.25, 0.3) is 0 Å². The first-order valence-corrected chi connectivity index (χ1v) is 7.60. The minimum absolute atomic E-state index is 0.0290. The van der Waals surface area contributed by atoms with Gasteiger partial charge in [0.1, 0.15) is 0 Å². The lowest BCUT2D eigenvalue weighted by Gasteiger charge is -2.32. The quantitative estimate of drug-likeness (QED) is 0.835. The van der Waals surface area contributed by atoms with Crippen LogP contribution in [-0.4, -0.2) is 36.7 Å². The van der Waals surface area contributed by atoms with E-state index in [-0.39, 0.29) is 12.1 Å². The van der Waals surface area contributed by atoms with Crippen molar-refractivity contribution >= 4 is 6.09 Å². The fourth-order valence-electron chi connectivity index (χ4n) is 2.60. The van der Waals surface area contributed by atoms with Gasteiger partial charge in [0.2, 0.25) is 0 Å². The Kier molecular flexibility index (Phi) is 7.23.